The van der Waals surface area contributed by atoms with Gasteiger partial charge in [0.2, 0.25) is 10.0 Å². The van der Waals surface area contributed by atoms with Crippen molar-refractivity contribution in [2.24, 2.45) is 0 Å². The summed E-state index contributed by atoms with van der Waals surface area (Å²) in [7, 11) is -3.69. The lowest BCUT2D eigenvalue weighted by Crippen LogP contribution is -2.28. The molecule has 0 spiro atoms. The van der Waals surface area contributed by atoms with E-state index in [0.717, 1.165) is 29.3 Å². The van der Waals surface area contributed by atoms with Crippen molar-refractivity contribution in [3.05, 3.63) is 54.2 Å². The van der Waals surface area contributed by atoms with Gasteiger partial charge in [0.15, 0.2) is 0 Å². The summed E-state index contributed by atoms with van der Waals surface area (Å²) in [6.45, 7) is 0.951. The third-order valence-corrected chi connectivity index (χ3v) is 6.62. The van der Waals surface area contributed by atoms with Crippen LogP contribution in [0.2, 0.25) is 0 Å². The van der Waals surface area contributed by atoms with Gasteiger partial charge in [-0.2, -0.15) is 4.31 Å². The van der Waals surface area contributed by atoms with Crippen LogP contribution in [-0.2, 0) is 10.0 Å². The number of H-pyrrole nitrogens is 1. The van der Waals surface area contributed by atoms with Crippen LogP contribution in [0.25, 0.3) is 22.0 Å². The molecule has 6 nitrogen and oxygen atoms in total. The Kier molecular flexibility index (Phi) is 4.05. The van der Waals surface area contributed by atoms with Crippen LogP contribution in [0.1, 0.15) is 23.2 Å². The van der Waals surface area contributed by atoms with Gasteiger partial charge in [-0.05, 0) is 59.7 Å². The molecule has 3 aromatic rings. The summed E-state index contributed by atoms with van der Waals surface area (Å²) < 4.78 is 27.2. The van der Waals surface area contributed by atoms with Gasteiger partial charge in [0.05, 0.1) is 10.5 Å². The Balaban J connectivity index is 1.86. The van der Waals surface area contributed by atoms with Crippen LogP contribution in [-0.4, -0.2) is 41.9 Å². The van der Waals surface area contributed by atoms with Gasteiger partial charge in [-0.3, -0.25) is 0 Å². The number of hydrogen-bond acceptors (Lipinski definition) is 3. The van der Waals surface area contributed by atoms with Gasteiger partial charge in [0, 0.05) is 24.8 Å². The highest BCUT2D eigenvalue weighted by molar-refractivity contribution is 7.89. The van der Waals surface area contributed by atoms with Crippen LogP contribution < -0.4 is 0 Å². The smallest absolute Gasteiger partial charge is 0.335 e. The van der Waals surface area contributed by atoms with Crippen molar-refractivity contribution in [3.8, 4) is 11.1 Å². The average Bonchev–Trinajstić information content (AvgIpc) is 3.32. The highest BCUT2D eigenvalue weighted by atomic mass is 32.2. The van der Waals surface area contributed by atoms with Gasteiger partial charge in [-0.25, -0.2) is 13.2 Å². The molecule has 134 valence electrons. The summed E-state index contributed by atoms with van der Waals surface area (Å²) in [5.41, 5.74) is 2.21. The fourth-order valence-corrected chi connectivity index (χ4v) is 4.93. The van der Waals surface area contributed by atoms with Crippen LogP contribution >= 0.6 is 0 Å². The number of nitrogens with one attached hydrogen (secondary N) is 1. The molecule has 1 aliphatic heterocycles. The Morgan fingerprint density at radius 1 is 1.00 bits per heavy atom. The van der Waals surface area contributed by atoms with Gasteiger partial charge >= 0.3 is 5.97 Å². The Labute approximate surface area is 151 Å². The zero-order valence-corrected chi connectivity index (χ0v) is 14.8. The Hall–Kier alpha value is -2.64. The molecule has 2 N–H and O–H groups in total. The van der Waals surface area contributed by atoms with Gasteiger partial charge in [-0.1, -0.05) is 12.1 Å². The largest absolute Gasteiger partial charge is 0.478 e. The van der Waals surface area contributed by atoms with Crippen LogP contribution in [0, 0.1) is 0 Å². The van der Waals surface area contributed by atoms with E-state index < -0.39 is 16.0 Å². The number of benzene rings is 2. The Morgan fingerprint density at radius 2 is 1.77 bits per heavy atom. The number of carbonyl (C=O) groups is 1. The van der Waals surface area contributed by atoms with Crippen molar-refractivity contribution in [3.63, 3.8) is 0 Å². The minimum atomic E-state index is -3.69. The summed E-state index contributed by atoms with van der Waals surface area (Å²) in [5.74, 6) is -1.15. The first-order valence-corrected chi connectivity index (χ1v) is 9.85. The van der Waals surface area contributed by atoms with E-state index in [4.69, 9.17) is 0 Å². The first kappa shape index (κ1) is 16.8. The molecule has 1 fully saturated rings. The predicted octanol–water partition coefficient (Wildman–Crippen LogP) is 3.32. The molecule has 4 rings (SSSR count). The molecular weight excluding hydrogens is 352 g/mol. The molecule has 2 heterocycles. The second-order valence-corrected chi connectivity index (χ2v) is 8.38. The third kappa shape index (κ3) is 2.89. The molecule has 0 radical (unpaired) electrons. The molecule has 0 atom stereocenters. The number of carboxylic acid groups (broad SMARTS) is 1. The van der Waals surface area contributed by atoms with E-state index >= 15 is 0 Å². The van der Waals surface area contributed by atoms with Crippen LogP contribution in [0.15, 0.2) is 53.6 Å². The number of nitrogens with zero attached hydrogens (tertiary/aromatic N) is 1. The minimum absolute atomic E-state index is 0.0286. The fraction of sp³-hybridized carbons (Fsp3) is 0.211. The Bertz CT molecular complexity index is 1100. The summed E-state index contributed by atoms with van der Waals surface area (Å²) in [5, 5.41) is 10.5. The number of aromatic carboxylic acids is 1. The number of carboxylic acids is 1. The topological polar surface area (TPSA) is 90.5 Å². The first-order chi connectivity index (χ1) is 12.4. The molecule has 7 heteroatoms. The number of aromatic nitrogens is 1. The molecule has 0 saturated carbocycles. The Morgan fingerprint density at radius 3 is 2.50 bits per heavy atom. The van der Waals surface area contributed by atoms with Crippen molar-refractivity contribution in [2.45, 2.75) is 17.7 Å². The molecule has 1 saturated heterocycles. The van der Waals surface area contributed by atoms with E-state index in [2.05, 4.69) is 4.98 Å². The van der Waals surface area contributed by atoms with Crippen molar-refractivity contribution < 1.29 is 18.3 Å². The highest BCUT2D eigenvalue weighted by Crippen LogP contribution is 2.29. The van der Waals surface area contributed by atoms with E-state index in [1.54, 1.807) is 6.07 Å². The van der Waals surface area contributed by atoms with Crippen molar-refractivity contribution >= 4 is 26.9 Å². The summed E-state index contributed by atoms with van der Waals surface area (Å²) >= 11 is 0. The van der Waals surface area contributed by atoms with Crippen molar-refractivity contribution in [2.75, 3.05) is 13.1 Å². The van der Waals surface area contributed by atoms with E-state index in [1.165, 1.54) is 16.4 Å². The molecule has 0 aliphatic carbocycles. The lowest BCUT2D eigenvalue weighted by atomic mass is 10.0. The van der Waals surface area contributed by atoms with E-state index in [-0.39, 0.29) is 10.5 Å². The van der Waals surface area contributed by atoms with Gasteiger partial charge in [0.1, 0.15) is 0 Å². The average molecular weight is 370 g/mol. The third-order valence-electron chi connectivity index (χ3n) is 4.74. The summed E-state index contributed by atoms with van der Waals surface area (Å²) in [4.78, 5) is 14.7. The first-order valence-electron chi connectivity index (χ1n) is 8.41. The lowest BCUT2D eigenvalue weighted by Gasteiger charge is -2.17. The molecule has 26 heavy (non-hydrogen) atoms. The zero-order chi connectivity index (χ0) is 18.3. The summed E-state index contributed by atoms with van der Waals surface area (Å²) in [6.07, 6.45) is 3.48. The standard InChI is InChI=1S/C19H18N2O4S/c22-19(23)16-9-15(14-4-3-13-5-6-20-18(13)12-14)10-17(11-16)26(24,25)21-7-1-2-8-21/h3-6,9-12,20H,1-2,7-8H2,(H,22,23). The number of aromatic amines is 1. The lowest BCUT2D eigenvalue weighted by molar-refractivity contribution is 0.0696. The van der Waals surface area contributed by atoms with Crippen molar-refractivity contribution in [1.29, 1.82) is 0 Å². The molecule has 0 amide bonds. The molecular formula is C19H18N2O4S. The highest BCUT2D eigenvalue weighted by Gasteiger charge is 2.28. The maximum absolute atomic E-state index is 12.9. The second-order valence-electron chi connectivity index (χ2n) is 6.44. The molecule has 0 unspecified atom stereocenters. The van der Waals surface area contributed by atoms with Gasteiger partial charge in [0.25, 0.3) is 0 Å². The van der Waals surface area contributed by atoms with E-state index in [9.17, 15) is 18.3 Å². The second kappa shape index (κ2) is 6.26. The number of fused-ring (bicyclic) bond motifs is 1. The quantitative estimate of drug-likeness (QED) is 0.737. The zero-order valence-electron chi connectivity index (χ0n) is 14.0. The van der Waals surface area contributed by atoms with Crippen LogP contribution in [0.4, 0.5) is 0 Å². The molecule has 2 aromatic carbocycles. The van der Waals surface area contributed by atoms with Gasteiger partial charge < -0.3 is 10.1 Å². The fourth-order valence-electron chi connectivity index (χ4n) is 3.34. The van der Waals surface area contributed by atoms with Crippen LogP contribution in [0.3, 0.4) is 0 Å². The predicted molar refractivity (Wildman–Crippen MR) is 98.7 cm³/mol. The SMILES string of the molecule is O=C(O)c1cc(-c2ccc3cc[nH]c3c2)cc(S(=O)(=O)N2CCCC2)c1. The maximum atomic E-state index is 12.9. The van der Waals surface area contributed by atoms with E-state index in [0.29, 0.717) is 18.7 Å². The summed E-state index contributed by atoms with van der Waals surface area (Å²) in [6, 6.07) is 11.9. The minimum Gasteiger partial charge on any atom is -0.478 e. The van der Waals surface area contributed by atoms with Gasteiger partial charge in [-0.15, -0.1) is 0 Å². The normalized spacial score (nSPS) is 15.5. The van der Waals surface area contributed by atoms with Crippen molar-refractivity contribution in [1.82, 2.24) is 9.29 Å². The molecule has 0 bridgehead atoms. The monoisotopic (exact) mass is 370 g/mol. The van der Waals surface area contributed by atoms with Crippen LogP contribution in [0.5, 0.6) is 0 Å². The number of rotatable bonds is 4. The number of sulfonamides is 1. The molecule has 1 aliphatic rings. The molecule has 1 aromatic heterocycles. The maximum Gasteiger partial charge on any atom is 0.335 e. The number of hydrogen-bond donors (Lipinski definition) is 2. The van der Waals surface area contributed by atoms with E-state index in [1.807, 2.05) is 30.5 Å².